The summed E-state index contributed by atoms with van der Waals surface area (Å²) in [5.41, 5.74) is 2.64. The third kappa shape index (κ3) is 3.15. The normalized spacial score (nSPS) is 10.5. The molecular formula is C19H11N3OS2. The van der Waals surface area contributed by atoms with Gasteiger partial charge in [0.2, 0.25) is 0 Å². The molecule has 6 heteroatoms. The van der Waals surface area contributed by atoms with Crippen molar-refractivity contribution < 1.29 is 4.79 Å². The van der Waals surface area contributed by atoms with Crippen molar-refractivity contribution in [1.82, 2.24) is 4.98 Å². The summed E-state index contributed by atoms with van der Waals surface area (Å²) in [6.07, 6.45) is 0. The average molecular weight is 361 g/mol. The van der Waals surface area contributed by atoms with Crippen molar-refractivity contribution >= 4 is 44.5 Å². The predicted octanol–water partition coefficient (Wildman–Crippen LogP) is 5.15. The number of amides is 1. The van der Waals surface area contributed by atoms with E-state index in [1.54, 1.807) is 23.5 Å². The zero-order valence-electron chi connectivity index (χ0n) is 12.9. The van der Waals surface area contributed by atoms with Crippen molar-refractivity contribution in [1.29, 1.82) is 5.26 Å². The molecule has 2 aromatic heterocycles. The van der Waals surface area contributed by atoms with Gasteiger partial charge >= 0.3 is 0 Å². The Morgan fingerprint density at radius 2 is 1.92 bits per heavy atom. The molecule has 0 bridgehead atoms. The van der Waals surface area contributed by atoms with Crippen LogP contribution in [0.15, 0.2) is 60.7 Å². The minimum absolute atomic E-state index is 0.215. The van der Waals surface area contributed by atoms with Crippen molar-refractivity contribution in [3.63, 3.8) is 0 Å². The maximum absolute atomic E-state index is 12.3. The Hall–Kier alpha value is -3.01. The number of carbonyl (C=O) groups excluding carboxylic acids is 1. The average Bonchev–Trinajstić information content (AvgIpc) is 3.28. The molecular weight excluding hydrogens is 350 g/mol. The van der Waals surface area contributed by atoms with Gasteiger partial charge in [-0.1, -0.05) is 24.3 Å². The maximum Gasteiger partial charge on any atom is 0.265 e. The van der Waals surface area contributed by atoms with Crippen LogP contribution in [0.4, 0.5) is 5.69 Å². The number of hydrogen-bond acceptors (Lipinski definition) is 5. The number of thiophene rings is 1. The van der Waals surface area contributed by atoms with Gasteiger partial charge in [-0.15, -0.1) is 22.7 Å². The van der Waals surface area contributed by atoms with Crippen molar-refractivity contribution in [3.8, 4) is 16.6 Å². The number of hydrogen-bond donors (Lipinski definition) is 1. The summed E-state index contributed by atoms with van der Waals surface area (Å²) in [7, 11) is 0. The maximum atomic E-state index is 12.3. The first-order valence-corrected chi connectivity index (χ1v) is 9.13. The lowest BCUT2D eigenvalue weighted by Crippen LogP contribution is -2.09. The quantitative estimate of drug-likeness (QED) is 0.549. The van der Waals surface area contributed by atoms with E-state index in [1.807, 2.05) is 54.6 Å². The van der Waals surface area contributed by atoms with Crippen LogP contribution in [-0.4, -0.2) is 10.9 Å². The van der Waals surface area contributed by atoms with Gasteiger partial charge in [-0.3, -0.25) is 4.79 Å². The first kappa shape index (κ1) is 15.5. The monoisotopic (exact) mass is 361 g/mol. The second-order valence-electron chi connectivity index (χ2n) is 5.30. The number of benzene rings is 2. The van der Waals surface area contributed by atoms with E-state index < -0.39 is 0 Å². The van der Waals surface area contributed by atoms with E-state index in [0.29, 0.717) is 15.4 Å². The summed E-state index contributed by atoms with van der Waals surface area (Å²) < 4.78 is 1.13. The number of nitrogens with one attached hydrogen (secondary N) is 1. The topological polar surface area (TPSA) is 65.8 Å². The number of nitrogens with zero attached hydrogens (tertiary/aromatic N) is 2. The van der Waals surface area contributed by atoms with Crippen molar-refractivity contribution in [3.05, 3.63) is 70.4 Å². The third-order valence-corrected chi connectivity index (χ3v) is 5.68. The zero-order chi connectivity index (χ0) is 17.2. The van der Waals surface area contributed by atoms with Gasteiger partial charge in [0.15, 0.2) is 0 Å². The number of thiazole rings is 1. The minimum atomic E-state index is -0.215. The molecule has 0 spiro atoms. The van der Waals surface area contributed by atoms with Crippen LogP contribution in [-0.2, 0) is 0 Å². The van der Waals surface area contributed by atoms with Gasteiger partial charge in [-0.2, -0.15) is 5.26 Å². The molecule has 0 unspecified atom stereocenters. The smallest absolute Gasteiger partial charge is 0.265 e. The number of rotatable bonds is 3. The lowest BCUT2D eigenvalue weighted by molar-refractivity contribution is 0.103. The highest BCUT2D eigenvalue weighted by atomic mass is 32.1. The lowest BCUT2D eigenvalue weighted by Gasteiger charge is -2.05. The van der Waals surface area contributed by atoms with Crippen LogP contribution in [0, 0.1) is 11.3 Å². The van der Waals surface area contributed by atoms with Crippen molar-refractivity contribution in [2.45, 2.75) is 0 Å². The lowest BCUT2D eigenvalue weighted by atomic mass is 10.2. The van der Waals surface area contributed by atoms with Gasteiger partial charge in [-0.05, 0) is 36.4 Å². The molecule has 0 aliphatic carbocycles. The van der Waals surface area contributed by atoms with E-state index in [4.69, 9.17) is 5.26 Å². The fourth-order valence-electron chi connectivity index (χ4n) is 2.44. The highest BCUT2D eigenvalue weighted by molar-refractivity contribution is 7.21. The Balaban J connectivity index is 1.61. The number of fused-ring (bicyclic) bond motifs is 1. The van der Waals surface area contributed by atoms with Crippen LogP contribution in [0.1, 0.15) is 14.5 Å². The molecule has 1 N–H and O–H groups in total. The number of nitriles is 1. The van der Waals surface area contributed by atoms with E-state index in [1.165, 1.54) is 11.3 Å². The number of carbonyl (C=O) groups is 1. The molecule has 2 aromatic carbocycles. The third-order valence-electron chi connectivity index (χ3n) is 3.60. The molecule has 0 saturated carbocycles. The van der Waals surface area contributed by atoms with Gasteiger partial charge in [0, 0.05) is 11.3 Å². The van der Waals surface area contributed by atoms with Crippen LogP contribution >= 0.6 is 22.7 Å². The molecule has 0 aliphatic rings. The highest BCUT2D eigenvalue weighted by Gasteiger charge is 2.11. The molecule has 25 heavy (non-hydrogen) atoms. The van der Waals surface area contributed by atoms with E-state index in [9.17, 15) is 4.79 Å². The first-order chi connectivity index (χ1) is 12.2. The van der Waals surface area contributed by atoms with Crippen LogP contribution in [0.3, 0.4) is 0 Å². The fourth-order valence-corrected chi connectivity index (χ4v) is 4.10. The van der Waals surface area contributed by atoms with Gasteiger partial charge < -0.3 is 5.32 Å². The Kier molecular flexibility index (Phi) is 4.02. The molecule has 4 nitrogen and oxygen atoms in total. The van der Waals surface area contributed by atoms with Crippen LogP contribution in [0.5, 0.6) is 0 Å². The number of para-hydroxylation sites is 1. The summed E-state index contributed by atoms with van der Waals surface area (Å²) in [4.78, 5) is 18.0. The minimum Gasteiger partial charge on any atom is -0.321 e. The molecule has 0 saturated heterocycles. The van der Waals surface area contributed by atoms with Gasteiger partial charge in [0.25, 0.3) is 5.91 Å². The highest BCUT2D eigenvalue weighted by Crippen LogP contribution is 2.31. The SMILES string of the molecule is N#Cc1ccc(C(=O)Nc2cccc(-c3nc4ccccc4s3)c2)s1. The summed E-state index contributed by atoms with van der Waals surface area (Å²) in [5, 5.41) is 12.7. The summed E-state index contributed by atoms with van der Waals surface area (Å²) in [6.45, 7) is 0. The van der Waals surface area contributed by atoms with E-state index >= 15 is 0 Å². The molecule has 4 rings (SSSR count). The Morgan fingerprint density at radius 3 is 2.72 bits per heavy atom. The van der Waals surface area contributed by atoms with Gasteiger partial charge in [0.05, 0.1) is 15.1 Å². The molecule has 0 atom stereocenters. The second-order valence-corrected chi connectivity index (χ2v) is 7.41. The molecule has 4 aromatic rings. The molecule has 120 valence electrons. The van der Waals surface area contributed by atoms with Crippen LogP contribution in [0.25, 0.3) is 20.8 Å². The molecule has 0 aliphatic heterocycles. The zero-order valence-corrected chi connectivity index (χ0v) is 14.5. The Morgan fingerprint density at radius 1 is 1.04 bits per heavy atom. The van der Waals surface area contributed by atoms with Crippen LogP contribution < -0.4 is 5.32 Å². The molecule has 0 radical (unpaired) electrons. The Bertz CT molecular complexity index is 1090. The fraction of sp³-hybridized carbons (Fsp3) is 0. The molecule has 1 amide bonds. The second kappa shape index (κ2) is 6.48. The van der Waals surface area contributed by atoms with E-state index in [0.717, 1.165) is 20.8 Å². The first-order valence-electron chi connectivity index (χ1n) is 7.50. The predicted molar refractivity (Wildman–Crippen MR) is 102 cm³/mol. The van der Waals surface area contributed by atoms with Crippen molar-refractivity contribution in [2.24, 2.45) is 0 Å². The van der Waals surface area contributed by atoms with E-state index in [2.05, 4.69) is 10.3 Å². The summed E-state index contributed by atoms with van der Waals surface area (Å²) in [5.74, 6) is -0.215. The van der Waals surface area contributed by atoms with Gasteiger partial charge in [-0.25, -0.2) is 4.98 Å². The standard InChI is InChI=1S/C19H11N3OS2/c20-11-14-8-9-17(24-14)18(23)21-13-5-3-4-12(10-13)19-22-15-6-1-2-7-16(15)25-19/h1-10H,(H,21,23). The van der Waals surface area contributed by atoms with Crippen LogP contribution in [0.2, 0.25) is 0 Å². The van der Waals surface area contributed by atoms with E-state index in [-0.39, 0.29) is 5.91 Å². The summed E-state index contributed by atoms with van der Waals surface area (Å²) >= 11 is 2.80. The Labute approximate surface area is 152 Å². The number of anilines is 1. The van der Waals surface area contributed by atoms with Crippen molar-refractivity contribution in [2.75, 3.05) is 5.32 Å². The number of aromatic nitrogens is 1. The molecule has 2 heterocycles. The molecule has 0 fully saturated rings. The van der Waals surface area contributed by atoms with Gasteiger partial charge in [0.1, 0.15) is 16.0 Å². The largest absolute Gasteiger partial charge is 0.321 e. The summed E-state index contributed by atoms with van der Waals surface area (Å²) in [6, 6.07) is 21.0.